The maximum absolute atomic E-state index is 6.76. The maximum atomic E-state index is 6.76. The first kappa shape index (κ1) is 31.6. The van der Waals surface area contributed by atoms with Gasteiger partial charge in [-0.05, 0) is 103 Å². The van der Waals surface area contributed by atoms with Crippen molar-refractivity contribution in [2.75, 3.05) is 4.90 Å². The van der Waals surface area contributed by atoms with E-state index in [4.69, 9.17) is 4.42 Å². The molecule has 1 heterocycles. The predicted octanol–water partition coefficient (Wildman–Crippen LogP) is 15.0. The van der Waals surface area contributed by atoms with E-state index in [-0.39, 0.29) is 5.41 Å². The Bertz CT molecular complexity index is 3110. The topological polar surface area (TPSA) is 16.4 Å². The summed E-state index contributed by atoms with van der Waals surface area (Å²) in [4.78, 5) is 2.42. The third kappa shape index (κ3) is 4.88. The fourth-order valence-corrected chi connectivity index (χ4v) is 9.07. The molecule has 0 fully saturated rings. The van der Waals surface area contributed by atoms with Crippen molar-refractivity contribution in [2.45, 2.75) is 19.3 Å². The minimum atomic E-state index is -0.228. The third-order valence-corrected chi connectivity index (χ3v) is 11.8. The number of rotatable bonds is 5. The molecule has 0 atom stereocenters. The molecular weight excluding hydrogens is 667 g/mol. The normalized spacial score (nSPS) is 13.1. The maximum Gasteiger partial charge on any atom is 0.159 e. The smallest absolute Gasteiger partial charge is 0.159 e. The van der Waals surface area contributed by atoms with E-state index in [1.807, 2.05) is 6.07 Å². The van der Waals surface area contributed by atoms with Crippen LogP contribution >= 0.6 is 0 Å². The van der Waals surface area contributed by atoms with Gasteiger partial charge in [-0.25, -0.2) is 0 Å². The molecule has 0 unspecified atom stereocenters. The molecule has 260 valence electrons. The first-order chi connectivity index (χ1) is 27.0. The van der Waals surface area contributed by atoms with Gasteiger partial charge in [-0.1, -0.05) is 159 Å². The highest BCUT2D eigenvalue weighted by Gasteiger charge is 2.36. The van der Waals surface area contributed by atoms with Gasteiger partial charge in [-0.2, -0.15) is 0 Å². The standard InChI is InChI=1S/C53H37NO/c1-53(2)45-19-10-16-37-27-31-47(51(50(37)45)44-30-26-40(33-46(44)53)39-23-22-35-14-6-7-15-38(35)32-39)54(41-28-24-36(25-29-41)34-12-4-3-5-13-34)48-20-11-18-43-42-17-8-9-21-49(42)55-52(43)48/h3-33H,1-2H3. The van der Waals surface area contributed by atoms with Gasteiger partial charge < -0.3 is 9.32 Å². The SMILES string of the molecule is CC1(C)c2cc(-c3ccc4ccccc4c3)ccc2-c2c(N(c3ccc(-c4ccccc4)cc3)c3cccc4c3oc3ccccc34)ccc3cccc1c23. The Morgan fingerprint density at radius 1 is 0.436 bits per heavy atom. The van der Waals surface area contributed by atoms with Crippen LogP contribution < -0.4 is 4.90 Å². The van der Waals surface area contributed by atoms with Crippen molar-refractivity contribution in [3.63, 3.8) is 0 Å². The Morgan fingerprint density at radius 2 is 1.09 bits per heavy atom. The molecule has 9 aromatic carbocycles. The summed E-state index contributed by atoms with van der Waals surface area (Å²) in [6.45, 7) is 4.77. The van der Waals surface area contributed by atoms with Crippen LogP contribution in [0.15, 0.2) is 192 Å². The molecule has 0 bridgehead atoms. The zero-order valence-corrected chi connectivity index (χ0v) is 30.8. The highest BCUT2D eigenvalue weighted by molar-refractivity contribution is 6.14. The highest BCUT2D eigenvalue weighted by Crippen LogP contribution is 2.55. The lowest BCUT2D eigenvalue weighted by Gasteiger charge is -2.38. The number of hydrogen-bond acceptors (Lipinski definition) is 2. The van der Waals surface area contributed by atoms with E-state index < -0.39 is 0 Å². The van der Waals surface area contributed by atoms with Crippen LogP contribution in [0.25, 0.3) is 76.9 Å². The number of nitrogens with zero attached hydrogens (tertiary/aromatic N) is 1. The van der Waals surface area contributed by atoms with Crippen LogP contribution in [0, 0.1) is 0 Å². The van der Waals surface area contributed by atoms with E-state index in [0.717, 1.165) is 39.0 Å². The Morgan fingerprint density at radius 3 is 1.96 bits per heavy atom. The van der Waals surface area contributed by atoms with Gasteiger partial charge in [0.15, 0.2) is 5.58 Å². The number of benzene rings is 9. The van der Waals surface area contributed by atoms with E-state index in [9.17, 15) is 0 Å². The van der Waals surface area contributed by atoms with Gasteiger partial charge in [0.2, 0.25) is 0 Å². The van der Waals surface area contributed by atoms with E-state index in [2.05, 4.69) is 201 Å². The van der Waals surface area contributed by atoms with Crippen LogP contribution in [0.1, 0.15) is 25.0 Å². The fraction of sp³-hybridized carbons (Fsp3) is 0.0566. The quantitative estimate of drug-likeness (QED) is 0.177. The largest absolute Gasteiger partial charge is 0.454 e. The van der Waals surface area contributed by atoms with Crippen molar-refractivity contribution in [3.05, 3.63) is 199 Å². The first-order valence-corrected chi connectivity index (χ1v) is 19.1. The number of hydrogen-bond donors (Lipinski definition) is 0. The van der Waals surface area contributed by atoms with Crippen LogP contribution in [-0.2, 0) is 5.41 Å². The third-order valence-electron chi connectivity index (χ3n) is 11.8. The molecule has 2 heteroatoms. The van der Waals surface area contributed by atoms with E-state index >= 15 is 0 Å². The van der Waals surface area contributed by atoms with Crippen LogP contribution in [0.4, 0.5) is 17.1 Å². The lowest BCUT2D eigenvalue weighted by atomic mass is 9.67. The van der Waals surface area contributed by atoms with Gasteiger partial charge >= 0.3 is 0 Å². The molecule has 1 aliphatic carbocycles. The Kier molecular flexibility index (Phi) is 6.93. The molecular formula is C53H37NO. The summed E-state index contributed by atoms with van der Waals surface area (Å²) in [6.07, 6.45) is 0. The molecule has 0 saturated heterocycles. The van der Waals surface area contributed by atoms with Crippen LogP contribution in [0.2, 0.25) is 0 Å². The van der Waals surface area contributed by atoms with Gasteiger partial charge in [-0.3, -0.25) is 0 Å². The summed E-state index contributed by atoms with van der Waals surface area (Å²) in [7, 11) is 0. The summed E-state index contributed by atoms with van der Waals surface area (Å²) in [5.74, 6) is 0. The van der Waals surface area contributed by atoms with Crippen molar-refractivity contribution in [1.82, 2.24) is 0 Å². The van der Waals surface area contributed by atoms with E-state index in [1.54, 1.807) is 0 Å². The van der Waals surface area contributed by atoms with E-state index in [0.29, 0.717) is 0 Å². The van der Waals surface area contributed by atoms with Gasteiger partial charge in [0, 0.05) is 27.4 Å². The highest BCUT2D eigenvalue weighted by atomic mass is 16.3. The van der Waals surface area contributed by atoms with Crippen molar-refractivity contribution in [2.24, 2.45) is 0 Å². The molecule has 0 aliphatic heterocycles. The number of fused-ring (bicyclic) bond motifs is 6. The molecule has 0 radical (unpaired) electrons. The second-order valence-electron chi connectivity index (χ2n) is 15.3. The van der Waals surface area contributed by atoms with Gasteiger partial charge in [0.05, 0.1) is 11.4 Å². The Labute approximate surface area is 320 Å². The zero-order chi connectivity index (χ0) is 36.7. The Hall–Kier alpha value is -6.90. The minimum Gasteiger partial charge on any atom is -0.454 e. The molecule has 10 aromatic rings. The van der Waals surface area contributed by atoms with Crippen molar-refractivity contribution in [1.29, 1.82) is 0 Å². The predicted molar refractivity (Wildman–Crippen MR) is 232 cm³/mol. The fourth-order valence-electron chi connectivity index (χ4n) is 9.07. The second-order valence-corrected chi connectivity index (χ2v) is 15.3. The number of para-hydroxylation sites is 2. The van der Waals surface area contributed by atoms with E-state index in [1.165, 1.54) is 66.1 Å². The van der Waals surface area contributed by atoms with Crippen molar-refractivity contribution < 1.29 is 4.42 Å². The number of anilines is 3. The summed E-state index contributed by atoms with van der Waals surface area (Å²) in [5, 5.41) is 7.28. The molecule has 11 rings (SSSR count). The van der Waals surface area contributed by atoms with Gasteiger partial charge in [0.1, 0.15) is 5.58 Å². The molecule has 1 aliphatic rings. The monoisotopic (exact) mass is 703 g/mol. The summed E-state index contributed by atoms with van der Waals surface area (Å²) < 4.78 is 6.76. The minimum absolute atomic E-state index is 0.228. The summed E-state index contributed by atoms with van der Waals surface area (Å²) in [5.41, 5.74) is 14.7. The molecule has 0 amide bonds. The van der Waals surface area contributed by atoms with Gasteiger partial charge in [-0.15, -0.1) is 0 Å². The lowest BCUT2D eigenvalue weighted by molar-refractivity contribution is 0.645. The molecule has 2 nitrogen and oxygen atoms in total. The van der Waals surface area contributed by atoms with Gasteiger partial charge in [0.25, 0.3) is 0 Å². The summed E-state index contributed by atoms with van der Waals surface area (Å²) in [6, 6.07) is 68.4. The zero-order valence-electron chi connectivity index (χ0n) is 30.8. The van der Waals surface area contributed by atoms with Crippen molar-refractivity contribution >= 4 is 60.5 Å². The average Bonchev–Trinajstić information content (AvgIpc) is 3.63. The van der Waals surface area contributed by atoms with Crippen LogP contribution in [0.3, 0.4) is 0 Å². The lowest BCUT2D eigenvalue weighted by Crippen LogP contribution is -2.24. The first-order valence-electron chi connectivity index (χ1n) is 19.1. The Balaban J connectivity index is 1.18. The average molecular weight is 704 g/mol. The summed E-state index contributed by atoms with van der Waals surface area (Å²) >= 11 is 0. The molecule has 0 N–H and O–H groups in total. The molecule has 55 heavy (non-hydrogen) atoms. The molecule has 1 aromatic heterocycles. The second kappa shape index (κ2) is 12.1. The molecule has 0 spiro atoms. The van der Waals surface area contributed by atoms with Crippen LogP contribution in [-0.4, -0.2) is 0 Å². The van der Waals surface area contributed by atoms with Crippen molar-refractivity contribution in [3.8, 4) is 33.4 Å². The number of furan rings is 1. The van der Waals surface area contributed by atoms with Crippen LogP contribution in [0.5, 0.6) is 0 Å². The molecule has 0 saturated carbocycles.